The monoisotopic (exact) mass is 224 g/mol. The number of carbonyl (C=O) groups excluding carboxylic acids is 2. The van der Waals surface area contributed by atoms with E-state index in [1.807, 2.05) is 6.92 Å². The summed E-state index contributed by atoms with van der Waals surface area (Å²) >= 11 is 0. The van der Waals surface area contributed by atoms with E-state index in [4.69, 9.17) is 5.73 Å². The third kappa shape index (κ3) is 3.01. The van der Waals surface area contributed by atoms with Crippen molar-refractivity contribution in [3.05, 3.63) is 18.0 Å². The molecule has 0 saturated carbocycles. The van der Waals surface area contributed by atoms with Gasteiger partial charge in [-0.15, -0.1) is 0 Å². The molecule has 0 fully saturated rings. The minimum absolute atomic E-state index is 0.213. The molecular formula is C10H16N4O2. The van der Waals surface area contributed by atoms with Gasteiger partial charge in [0.1, 0.15) is 11.7 Å². The Morgan fingerprint density at radius 1 is 1.56 bits per heavy atom. The van der Waals surface area contributed by atoms with Gasteiger partial charge in [0.05, 0.1) is 0 Å². The average Bonchev–Trinajstić information content (AvgIpc) is 2.65. The van der Waals surface area contributed by atoms with Crippen LogP contribution in [0.2, 0.25) is 0 Å². The molecule has 1 aromatic rings. The first-order valence-corrected chi connectivity index (χ1v) is 5.07. The minimum atomic E-state index is -0.572. The van der Waals surface area contributed by atoms with Crippen molar-refractivity contribution in [3.63, 3.8) is 0 Å². The van der Waals surface area contributed by atoms with Crippen LogP contribution >= 0.6 is 0 Å². The van der Waals surface area contributed by atoms with Gasteiger partial charge >= 0.3 is 0 Å². The molecule has 6 nitrogen and oxygen atoms in total. The number of aromatic nitrogens is 1. The number of rotatable bonds is 4. The molecule has 16 heavy (non-hydrogen) atoms. The highest BCUT2D eigenvalue weighted by atomic mass is 16.2. The van der Waals surface area contributed by atoms with Gasteiger partial charge in [0.25, 0.3) is 5.91 Å². The van der Waals surface area contributed by atoms with E-state index in [0.717, 1.165) is 0 Å². The highest BCUT2D eigenvalue weighted by Crippen LogP contribution is 2.04. The SMILES string of the molecule is CCNC(=O)C(C)NC(=O)c1cc(N)c[nH]1. The van der Waals surface area contributed by atoms with Gasteiger partial charge in [-0.3, -0.25) is 9.59 Å². The van der Waals surface area contributed by atoms with E-state index >= 15 is 0 Å². The normalized spacial score (nSPS) is 11.9. The van der Waals surface area contributed by atoms with Gasteiger partial charge in [-0.25, -0.2) is 0 Å². The molecule has 0 aromatic carbocycles. The lowest BCUT2D eigenvalue weighted by molar-refractivity contribution is -0.122. The number of nitrogen functional groups attached to an aromatic ring is 1. The molecule has 1 rings (SSSR count). The highest BCUT2D eigenvalue weighted by molar-refractivity contribution is 5.96. The lowest BCUT2D eigenvalue weighted by atomic mass is 10.3. The quantitative estimate of drug-likeness (QED) is 0.572. The van der Waals surface area contributed by atoms with E-state index in [-0.39, 0.29) is 11.8 Å². The summed E-state index contributed by atoms with van der Waals surface area (Å²) in [5.41, 5.74) is 6.29. The van der Waals surface area contributed by atoms with Crippen molar-refractivity contribution < 1.29 is 9.59 Å². The summed E-state index contributed by atoms with van der Waals surface area (Å²) in [6.07, 6.45) is 1.52. The summed E-state index contributed by atoms with van der Waals surface area (Å²) in [6, 6.07) is 0.941. The molecule has 5 N–H and O–H groups in total. The Morgan fingerprint density at radius 2 is 2.25 bits per heavy atom. The molecule has 0 radical (unpaired) electrons. The molecule has 0 spiro atoms. The topological polar surface area (TPSA) is 100 Å². The number of hydrogen-bond donors (Lipinski definition) is 4. The standard InChI is InChI=1S/C10H16N4O2/c1-3-12-9(15)6(2)14-10(16)8-4-7(11)5-13-8/h4-6,13H,3,11H2,1-2H3,(H,12,15)(H,14,16). The Morgan fingerprint density at radius 3 is 2.75 bits per heavy atom. The summed E-state index contributed by atoms with van der Waals surface area (Å²) in [5, 5.41) is 5.18. The van der Waals surface area contributed by atoms with Crippen molar-refractivity contribution in [1.29, 1.82) is 0 Å². The third-order valence-corrected chi connectivity index (χ3v) is 2.04. The van der Waals surface area contributed by atoms with Crippen LogP contribution < -0.4 is 16.4 Å². The first-order chi connectivity index (χ1) is 7.54. The zero-order chi connectivity index (χ0) is 12.1. The Balaban J connectivity index is 2.54. The average molecular weight is 224 g/mol. The first kappa shape index (κ1) is 12.1. The second kappa shape index (κ2) is 5.20. The van der Waals surface area contributed by atoms with Crippen LogP contribution in [0.5, 0.6) is 0 Å². The molecule has 88 valence electrons. The molecule has 0 aliphatic carbocycles. The lowest BCUT2D eigenvalue weighted by Crippen LogP contribution is -2.44. The van der Waals surface area contributed by atoms with Crippen molar-refractivity contribution in [2.75, 3.05) is 12.3 Å². The zero-order valence-corrected chi connectivity index (χ0v) is 9.33. The second-order valence-corrected chi connectivity index (χ2v) is 3.44. The van der Waals surface area contributed by atoms with Crippen molar-refractivity contribution in [2.45, 2.75) is 19.9 Å². The third-order valence-electron chi connectivity index (χ3n) is 2.04. The Kier molecular flexibility index (Phi) is 3.93. The van der Waals surface area contributed by atoms with E-state index in [9.17, 15) is 9.59 Å². The van der Waals surface area contributed by atoms with E-state index in [2.05, 4.69) is 15.6 Å². The molecule has 0 aliphatic heterocycles. The molecule has 1 heterocycles. The van der Waals surface area contributed by atoms with E-state index in [1.165, 1.54) is 12.3 Å². The van der Waals surface area contributed by atoms with Gasteiger partial charge in [-0.1, -0.05) is 0 Å². The van der Waals surface area contributed by atoms with Crippen molar-refractivity contribution in [1.82, 2.24) is 15.6 Å². The Labute approximate surface area is 93.6 Å². The van der Waals surface area contributed by atoms with Gasteiger partial charge in [0.15, 0.2) is 0 Å². The molecule has 1 aromatic heterocycles. The molecule has 1 atom stereocenters. The van der Waals surface area contributed by atoms with Gasteiger partial charge in [-0.2, -0.15) is 0 Å². The maximum absolute atomic E-state index is 11.6. The molecule has 6 heteroatoms. The smallest absolute Gasteiger partial charge is 0.268 e. The summed E-state index contributed by atoms with van der Waals surface area (Å²) in [4.78, 5) is 25.7. The maximum Gasteiger partial charge on any atom is 0.268 e. The number of H-pyrrole nitrogens is 1. The van der Waals surface area contributed by atoms with Crippen molar-refractivity contribution >= 4 is 17.5 Å². The summed E-state index contributed by atoms with van der Waals surface area (Å²) in [6.45, 7) is 3.97. The maximum atomic E-state index is 11.6. The predicted octanol–water partition coefficient (Wildman–Crippen LogP) is -0.149. The minimum Gasteiger partial charge on any atom is -0.397 e. The number of amides is 2. The van der Waals surface area contributed by atoms with Crippen LogP contribution in [0.3, 0.4) is 0 Å². The molecule has 0 aliphatic rings. The molecule has 1 unspecified atom stereocenters. The predicted molar refractivity (Wildman–Crippen MR) is 60.8 cm³/mol. The first-order valence-electron chi connectivity index (χ1n) is 5.07. The number of nitrogens with one attached hydrogen (secondary N) is 3. The largest absolute Gasteiger partial charge is 0.397 e. The van der Waals surface area contributed by atoms with Crippen LogP contribution in [0.25, 0.3) is 0 Å². The van der Waals surface area contributed by atoms with Gasteiger partial charge in [0, 0.05) is 18.4 Å². The number of anilines is 1. The van der Waals surface area contributed by atoms with Crippen LogP contribution in [0.4, 0.5) is 5.69 Å². The zero-order valence-electron chi connectivity index (χ0n) is 9.33. The van der Waals surface area contributed by atoms with Crippen LogP contribution in [0.1, 0.15) is 24.3 Å². The van der Waals surface area contributed by atoms with Gasteiger partial charge in [0.2, 0.25) is 5.91 Å². The molecule has 2 amide bonds. The van der Waals surface area contributed by atoms with Crippen molar-refractivity contribution in [2.24, 2.45) is 0 Å². The second-order valence-electron chi connectivity index (χ2n) is 3.44. The van der Waals surface area contributed by atoms with E-state index in [1.54, 1.807) is 6.92 Å². The molecule has 0 saturated heterocycles. The number of nitrogens with two attached hydrogens (primary N) is 1. The number of carbonyl (C=O) groups is 2. The van der Waals surface area contributed by atoms with E-state index < -0.39 is 6.04 Å². The fourth-order valence-electron chi connectivity index (χ4n) is 1.21. The van der Waals surface area contributed by atoms with Crippen LogP contribution in [0.15, 0.2) is 12.3 Å². The van der Waals surface area contributed by atoms with E-state index in [0.29, 0.717) is 17.9 Å². The lowest BCUT2D eigenvalue weighted by Gasteiger charge is -2.12. The van der Waals surface area contributed by atoms with Crippen LogP contribution in [0, 0.1) is 0 Å². The van der Waals surface area contributed by atoms with Gasteiger partial charge < -0.3 is 21.4 Å². The number of hydrogen-bond acceptors (Lipinski definition) is 3. The molecular weight excluding hydrogens is 208 g/mol. The highest BCUT2D eigenvalue weighted by Gasteiger charge is 2.16. The molecule has 0 bridgehead atoms. The van der Waals surface area contributed by atoms with Crippen molar-refractivity contribution in [3.8, 4) is 0 Å². The fourth-order valence-corrected chi connectivity index (χ4v) is 1.21. The number of aromatic amines is 1. The number of likely N-dealkylation sites (N-methyl/N-ethyl adjacent to an activating group) is 1. The summed E-state index contributed by atoms with van der Waals surface area (Å²) in [5.74, 6) is -0.564. The Hall–Kier alpha value is -1.98. The van der Waals surface area contributed by atoms with Gasteiger partial charge in [-0.05, 0) is 19.9 Å². The fraction of sp³-hybridized carbons (Fsp3) is 0.400. The van der Waals surface area contributed by atoms with Crippen LogP contribution in [-0.2, 0) is 4.79 Å². The van der Waals surface area contributed by atoms with Crippen LogP contribution in [-0.4, -0.2) is 29.4 Å². The summed E-state index contributed by atoms with van der Waals surface area (Å²) in [7, 11) is 0. The summed E-state index contributed by atoms with van der Waals surface area (Å²) < 4.78 is 0. The Bertz CT molecular complexity index is 386.